The summed E-state index contributed by atoms with van der Waals surface area (Å²) in [5, 5.41) is 4.07. The first-order chi connectivity index (χ1) is 14.0. The summed E-state index contributed by atoms with van der Waals surface area (Å²) in [6.07, 6.45) is 7.06. The highest BCUT2D eigenvalue weighted by Crippen LogP contribution is 2.23. The second-order valence-electron chi connectivity index (χ2n) is 6.85. The molecule has 2 aromatic carbocycles. The number of hydrogen-bond acceptors (Lipinski definition) is 3. The van der Waals surface area contributed by atoms with E-state index in [4.69, 9.17) is 27.9 Å². The molecule has 29 heavy (non-hydrogen) atoms. The Morgan fingerprint density at radius 1 is 1.21 bits per heavy atom. The summed E-state index contributed by atoms with van der Waals surface area (Å²) in [4.78, 5) is 15.2. The quantitative estimate of drug-likeness (QED) is 0.495. The molecule has 1 unspecified atom stereocenters. The minimum Gasteiger partial charge on any atom is -0.372 e. The minimum atomic E-state index is -0.0877. The van der Waals surface area contributed by atoms with Crippen molar-refractivity contribution in [1.82, 2.24) is 9.55 Å². The number of rotatable bonds is 9. The van der Waals surface area contributed by atoms with Crippen molar-refractivity contribution >= 4 is 34.8 Å². The minimum absolute atomic E-state index is 0.00836. The third kappa shape index (κ3) is 6.89. The zero-order valence-electron chi connectivity index (χ0n) is 16.1. The van der Waals surface area contributed by atoms with Crippen LogP contribution in [-0.2, 0) is 29.1 Å². The van der Waals surface area contributed by atoms with Crippen LogP contribution in [0.4, 0.5) is 5.69 Å². The van der Waals surface area contributed by atoms with Gasteiger partial charge >= 0.3 is 0 Å². The lowest BCUT2D eigenvalue weighted by atomic mass is 10.1. The highest BCUT2D eigenvalue weighted by Gasteiger charge is 2.13. The largest absolute Gasteiger partial charge is 0.372 e. The number of ether oxygens (including phenoxy) is 1. The summed E-state index contributed by atoms with van der Waals surface area (Å²) in [5.41, 5.74) is 2.86. The van der Waals surface area contributed by atoms with E-state index in [0.717, 1.165) is 29.7 Å². The van der Waals surface area contributed by atoms with Crippen molar-refractivity contribution in [3.05, 3.63) is 82.4 Å². The van der Waals surface area contributed by atoms with Crippen molar-refractivity contribution in [2.75, 3.05) is 5.32 Å². The molecule has 0 spiro atoms. The van der Waals surface area contributed by atoms with Crippen LogP contribution in [0.25, 0.3) is 0 Å². The lowest BCUT2D eigenvalue weighted by molar-refractivity contribution is -0.114. The molecule has 1 heterocycles. The number of halogens is 2. The van der Waals surface area contributed by atoms with Crippen molar-refractivity contribution < 1.29 is 9.53 Å². The van der Waals surface area contributed by atoms with Crippen LogP contribution in [0.15, 0.2) is 61.2 Å². The van der Waals surface area contributed by atoms with Gasteiger partial charge in [-0.15, -0.1) is 0 Å². The molecule has 0 fully saturated rings. The maximum absolute atomic E-state index is 11.1. The van der Waals surface area contributed by atoms with Gasteiger partial charge < -0.3 is 14.6 Å². The maximum Gasteiger partial charge on any atom is 0.221 e. The molecule has 1 N–H and O–H groups in total. The van der Waals surface area contributed by atoms with E-state index in [-0.39, 0.29) is 12.0 Å². The number of hydrogen-bond donors (Lipinski definition) is 1. The van der Waals surface area contributed by atoms with Crippen LogP contribution < -0.4 is 5.32 Å². The van der Waals surface area contributed by atoms with Gasteiger partial charge in [0.1, 0.15) is 0 Å². The lowest BCUT2D eigenvalue weighted by Gasteiger charge is -2.19. The Hall–Kier alpha value is -2.34. The van der Waals surface area contributed by atoms with E-state index in [0.29, 0.717) is 23.2 Å². The van der Waals surface area contributed by atoms with Gasteiger partial charge in [0.25, 0.3) is 0 Å². The Kier molecular flexibility index (Phi) is 7.69. The number of aryl methyl sites for hydroxylation is 1. The van der Waals surface area contributed by atoms with E-state index in [1.54, 1.807) is 18.6 Å². The number of amides is 1. The van der Waals surface area contributed by atoms with Gasteiger partial charge in [-0.25, -0.2) is 4.98 Å². The van der Waals surface area contributed by atoms with Crippen LogP contribution in [-0.4, -0.2) is 21.6 Å². The Morgan fingerprint density at radius 3 is 2.66 bits per heavy atom. The first kappa shape index (κ1) is 21.4. The number of carbonyl (C=O) groups excluding carboxylic acids is 1. The fourth-order valence-electron chi connectivity index (χ4n) is 3.00. The molecule has 1 amide bonds. The Balaban J connectivity index is 1.61. The molecule has 0 aliphatic carbocycles. The van der Waals surface area contributed by atoms with E-state index < -0.39 is 0 Å². The molecule has 3 rings (SSSR count). The Labute approximate surface area is 180 Å². The maximum atomic E-state index is 11.1. The molecule has 0 saturated carbocycles. The second kappa shape index (κ2) is 10.4. The zero-order chi connectivity index (χ0) is 20.6. The summed E-state index contributed by atoms with van der Waals surface area (Å²) in [6, 6.07) is 13.2. The molecule has 5 nitrogen and oxygen atoms in total. The monoisotopic (exact) mass is 431 g/mol. The molecule has 152 valence electrons. The summed E-state index contributed by atoms with van der Waals surface area (Å²) in [6.45, 7) is 2.67. The van der Waals surface area contributed by atoms with Gasteiger partial charge in [0.2, 0.25) is 5.91 Å². The average molecular weight is 432 g/mol. The third-order valence-electron chi connectivity index (χ3n) is 4.48. The van der Waals surface area contributed by atoms with Gasteiger partial charge in [-0.3, -0.25) is 4.79 Å². The van der Waals surface area contributed by atoms with Crippen LogP contribution in [0.2, 0.25) is 10.0 Å². The predicted octanol–water partition coefficient (Wildman–Crippen LogP) is 5.37. The first-order valence-corrected chi connectivity index (χ1v) is 10.1. The average Bonchev–Trinajstić information content (AvgIpc) is 3.19. The molecule has 0 aliphatic rings. The van der Waals surface area contributed by atoms with E-state index >= 15 is 0 Å². The van der Waals surface area contributed by atoms with Gasteiger partial charge in [-0.1, -0.05) is 41.4 Å². The number of carbonyl (C=O) groups is 1. The van der Waals surface area contributed by atoms with Gasteiger partial charge in [-0.05, 0) is 48.2 Å². The van der Waals surface area contributed by atoms with Gasteiger partial charge in [-0.2, -0.15) is 0 Å². The number of nitrogens with one attached hydrogen (secondary N) is 1. The SMILES string of the molecule is CC(=O)Nc1ccc(COC(CCc2ccc(Cl)cc2Cl)Cn2ccnc2)cc1. The molecule has 7 heteroatoms. The van der Waals surface area contributed by atoms with Gasteiger partial charge in [0.15, 0.2) is 0 Å². The van der Waals surface area contributed by atoms with Crippen molar-refractivity contribution in [1.29, 1.82) is 0 Å². The fourth-order valence-corrected chi connectivity index (χ4v) is 3.50. The van der Waals surface area contributed by atoms with Crippen molar-refractivity contribution in [2.45, 2.75) is 39.0 Å². The summed E-state index contributed by atoms with van der Waals surface area (Å²) >= 11 is 12.3. The molecule has 1 atom stereocenters. The standard InChI is InChI=1S/C22H23Cl2N3O2/c1-16(28)26-20-7-2-17(3-8-20)14-29-21(13-27-11-10-25-15-27)9-5-18-4-6-19(23)12-22(18)24/h2-4,6-8,10-12,15,21H,5,9,13-14H2,1H3,(H,26,28). The van der Waals surface area contributed by atoms with Crippen molar-refractivity contribution in [3.63, 3.8) is 0 Å². The van der Waals surface area contributed by atoms with Crippen LogP contribution in [0.5, 0.6) is 0 Å². The number of anilines is 1. The number of nitrogens with zero attached hydrogens (tertiary/aromatic N) is 2. The highest BCUT2D eigenvalue weighted by atomic mass is 35.5. The highest BCUT2D eigenvalue weighted by molar-refractivity contribution is 6.35. The molecule has 0 aliphatic heterocycles. The van der Waals surface area contributed by atoms with E-state index in [1.165, 1.54) is 6.92 Å². The predicted molar refractivity (Wildman–Crippen MR) is 116 cm³/mol. The van der Waals surface area contributed by atoms with E-state index in [2.05, 4.69) is 10.3 Å². The molecular weight excluding hydrogens is 409 g/mol. The summed E-state index contributed by atoms with van der Waals surface area (Å²) in [7, 11) is 0. The number of imidazole rings is 1. The molecule has 0 saturated heterocycles. The first-order valence-electron chi connectivity index (χ1n) is 9.37. The van der Waals surface area contributed by atoms with Crippen molar-refractivity contribution in [3.8, 4) is 0 Å². The molecule has 0 bridgehead atoms. The molecule has 3 aromatic rings. The van der Waals surface area contributed by atoms with Crippen LogP contribution in [0.3, 0.4) is 0 Å². The second-order valence-corrected chi connectivity index (χ2v) is 7.69. The van der Waals surface area contributed by atoms with Gasteiger partial charge in [0, 0.05) is 41.6 Å². The lowest BCUT2D eigenvalue weighted by Crippen LogP contribution is -2.20. The summed E-state index contributed by atoms with van der Waals surface area (Å²) in [5.74, 6) is -0.0877. The fraction of sp³-hybridized carbons (Fsp3) is 0.273. The van der Waals surface area contributed by atoms with Crippen LogP contribution in [0, 0.1) is 0 Å². The smallest absolute Gasteiger partial charge is 0.221 e. The Bertz CT molecular complexity index is 928. The van der Waals surface area contributed by atoms with Crippen LogP contribution in [0.1, 0.15) is 24.5 Å². The third-order valence-corrected chi connectivity index (χ3v) is 5.07. The molecule has 1 aromatic heterocycles. The molecule has 0 radical (unpaired) electrons. The summed E-state index contributed by atoms with van der Waals surface area (Å²) < 4.78 is 8.21. The Morgan fingerprint density at radius 2 is 2.00 bits per heavy atom. The van der Waals surface area contributed by atoms with Crippen molar-refractivity contribution in [2.24, 2.45) is 0 Å². The van der Waals surface area contributed by atoms with E-state index in [9.17, 15) is 4.79 Å². The van der Waals surface area contributed by atoms with E-state index in [1.807, 2.05) is 47.2 Å². The number of aromatic nitrogens is 2. The molecular formula is C22H23Cl2N3O2. The van der Waals surface area contributed by atoms with Crippen LogP contribution >= 0.6 is 23.2 Å². The van der Waals surface area contributed by atoms with Gasteiger partial charge in [0.05, 0.1) is 19.0 Å². The topological polar surface area (TPSA) is 56.1 Å². The normalized spacial score (nSPS) is 12.0. The zero-order valence-corrected chi connectivity index (χ0v) is 17.7. The number of benzene rings is 2.